The molecule has 0 aromatic heterocycles. The van der Waals surface area contributed by atoms with Crippen molar-refractivity contribution in [1.82, 2.24) is 4.90 Å². The zero-order chi connectivity index (χ0) is 19.2. The molecule has 0 aliphatic carbocycles. The summed E-state index contributed by atoms with van der Waals surface area (Å²) >= 11 is 0. The second-order valence-corrected chi connectivity index (χ2v) is 6.61. The van der Waals surface area contributed by atoms with Crippen molar-refractivity contribution in [2.24, 2.45) is 0 Å². The quantitative estimate of drug-likeness (QED) is 0.592. The van der Waals surface area contributed by atoms with E-state index in [0.717, 1.165) is 22.4 Å². The van der Waals surface area contributed by atoms with Crippen LogP contribution >= 0.6 is 0 Å². The van der Waals surface area contributed by atoms with Crippen molar-refractivity contribution in [2.75, 3.05) is 6.79 Å². The Morgan fingerprint density at radius 2 is 1.43 bits per heavy atom. The number of hydrogen-bond acceptors (Lipinski definition) is 3. The molecule has 4 rings (SSSR count). The number of carbonyl (C=O) groups excluding carboxylic acids is 1. The highest BCUT2D eigenvalue weighted by molar-refractivity contribution is 5.91. The summed E-state index contributed by atoms with van der Waals surface area (Å²) in [4.78, 5) is 14.8. The Labute approximate surface area is 164 Å². The first kappa shape index (κ1) is 17.9. The van der Waals surface area contributed by atoms with Crippen molar-refractivity contribution in [3.63, 3.8) is 0 Å². The molecule has 3 aromatic rings. The van der Waals surface area contributed by atoms with E-state index in [1.165, 1.54) is 0 Å². The van der Waals surface area contributed by atoms with Gasteiger partial charge in [-0.25, -0.2) is 0 Å². The highest BCUT2D eigenvalue weighted by atomic mass is 16.7. The van der Waals surface area contributed by atoms with Gasteiger partial charge >= 0.3 is 0 Å². The fraction of sp³-hybridized carbons (Fsp3) is 0.125. The number of fused-ring (bicyclic) bond motifs is 1. The average Bonchev–Trinajstić information content (AvgIpc) is 3.21. The van der Waals surface area contributed by atoms with Crippen molar-refractivity contribution in [3.05, 3.63) is 102 Å². The van der Waals surface area contributed by atoms with Gasteiger partial charge in [0.2, 0.25) is 12.7 Å². The van der Waals surface area contributed by atoms with Gasteiger partial charge in [0.1, 0.15) is 0 Å². The van der Waals surface area contributed by atoms with E-state index >= 15 is 0 Å². The number of ether oxygens (including phenoxy) is 2. The number of carbonyl (C=O) groups is 1. The molecular formula is C24H21NO3. The Hall–Kier alpha value is -3.53. The minimum absolute atomic E-state index is 0.0367. The van der Waals surface area contributed by atoms with Crippen LogP contribution in [0.1, 0.15) is 16.7 Å². The third-order valence-corrected chi connectivity index (χ3v) is 4.56. The van der Waals surface area contributed by atoms with E-state index < -0.39 is 0 Å². The molecule has 1 heterocycles. The summed E-state index contributed by atoms with van der Waals surface area (Å²) in [5, 5.41) is 0. The zero-order valence-corrected chi connectivity index (χ0v) is 15.5. The maximum Gasteiger partial charge on any atom is 0.247 e. The molecule has 0 N–H and O–H groups in total. The molecule has 0 saturated carbocycles. The number of benzene rings is 3. The molecule has 0 fully saturated rings. The molecule has 4 heteroatoms. The third-order valence-electron chi connectivity index (χ3n) is 4.56. The van der Waals surface area contributed by atoms with E-state index in [1.54, 1.807) is 6.08 Å². The summed E-state index contributed by atoms with van der Waals surface area (Å²) in [6, 6.07) is 25.7. The normalized spacial score (nSPS) is 12.3. The van der Waals surface area contributed by atoms with Crippen LogP contribution in [-0.2, 0) is 17.9 Å². The van der Waals surface area contributed by atoms with E-state index in [0.29, 0.717) is 18.8 Å². The Bertz CT molecular complexity index is 926. The Morgan fingerprint density at radius 3 is 2.07 bits per heavy atom. The number of amides is 1. The molecule has 140 valence electrons. The van der Waals surface area contributed by atoms with E-state index in [1.807, 2.05) is 89.8 Å². The SMILES string of the molecule is O=C(/C=C/c1ccc2c(c1)OCO2)N(Cc1ccccc1)Cc1ccccc1. The van der Waals surface area contributed by atoms with Gasteiger partial charge in [0.15, 0.2) is 11.5 Å². The average molecular weight is 371 g/mol. The predicted octanol–water partition coefficient (Wildman–Crippen LogP) is 4.66. The van der Waals surface area contributed by atoms with Gasteiger partial charge in [-0.3, -0.25) is 4.79 Å². The summed E-state index contributed by atoms with van der Waals surface area (Å²) in [5.74, 6) is 1.41. The number of nitrogens with zero attached hydrogens (tertiary/aromatic N) is 1. The van der Waals surface area contributed by atoms with Crippen LogP contribution in [0.3, 0.4) is 0 Å². The molecular weight excluding hydrogens is 350 g/mol. The number of hydrogen-bond donors (Lipinski definition) is 0. The molecule has 0 spiro atoms. The highest BCUT2D eigenvalue weighted by Gasteiger charge is 2.14. The van der Waals surface area contributed by atoms with Crippen LogP contribution < -0.4 is 9.47 Å². The molecule has 0 atom stereocenters. The lowest BCUT2D eigenvalue weighted by Crippen LogP contribution is -2.28. The second kappa shape index (κ2) is 8.44. The van der Waals surface area contributed by atoms with Crippen LogP contribution in [0, 0.1) is 0 Å². The monoisotopic (exact) mass is 371 g/mol. The smallest absolute Gasteiger partial charge is 0.247 e. The van der Waals surface area contributed by atoms with Crippen LogP contribution in [0.5, 0.6) is 11.5 Å². The summed E-state index contributed by atoms with van der Waals surface area (Å²) in [6.07, 6.45) is 3.43. The van der Waals surface area contributed by atoms with Gasteiger partial charge in [-0.15, -0.1) is 0 Å². The van der Waals surface area contributed by atoms with Crippen molar-refractivity contribution in [2.45, 2.75) is 13.1 Å². The minimum atomic E-state index is -0.0367. The lowest BCUT2D eigenvalue weighted by molar-refractivity contribution is -0.127. The number of rotatable bonds is 6. The first-order valence-electron chi connectivity index (χ1n) is 9.22. The molecule has 0 saturated heterocycles. The van der Waals surface area contributed by atoms with Crippen molar-refractivity contribution < 1.29 is 14.3 Å². The van der Waals surface area contributed by atoms with Gasteiger partial charge < -0.3 is 14.4 Å². The standard InChI is InChI=1S/C24H21NO3/c26-24(14-12-19-11-13-22-23(15-19)28-18-27-22)25(16-20-7-3-1-4-8-20)17-21-9-5-2-6-10-21/h1-15H,16-18H2/b14-12+. The second-order valence-electron chi connectivity index (χ2n) is 6.61. The van der Waals surface area contributed by atoms with Crippen molar-refractivity contribution in [1.29, 1.82) is 0 Å². The Morgan fingerprint density at radius 1 is 0.821 bits per heavy atom. The lowest BCUT2D eigenvalue weighted by atomic mass is 10.1. The Balaban J connectivity index is 1.51. The van der Waals surface area contributed by atoms with E-state index in [-0.39, 0.29) is 12.7 Å². The molecule has 1 amide bonds. The topological polar surface area (TPSA) is 38.8 Å². The predicted molar refractivity (Wildman–Crippen MR) is 109 cm³/mol. The molecule has 1 aliphatic heterocycles. The van der Waals surface area contributed by atoms with Crippen molar-refractivity contribution in [3.8, 4) is 11.5 Å². The molecule has 0 radical (unpaired) electrons. The summed E-state index contributed by atoms with van der Waals surface area (Å²) in [5.41, 5.74) is 3.10. The molecule has 28 heavy (non-hydrogen) atoms. The van der Waals surface area contributed by atoms with Crippen LogP contribution in [0.4, 0.5) is 0 Å². The van der Waals surface area contributed by atoms with Gasteiger partial charge in [0.25, 0.3) is 0 Å². The Kier molecular flexibility index (Phi) is 5.38. The van der Waals surface area contributed by atoms with Crippen LogP contribution in [0.25, 0.3) is 6.08 Å². The zero-order valence-electron chi connectivity index (χ0n) is 15.5. The molecule has 0 bridgehead atoms. The van der Waals surface area contributed by atoms with E-state index in [2.05, 4.69) is 0 Å². The highest BCUT2D eigenvalue weighted by Crippen LogP contribution is 2.32. The van der Waals surface area contributed by atoms with E-state index in [4.69, 9.17) is 9.47 Å². The minimum Gasteiger partial charge on any atom is -0.454 e. The largest absolute Gasteiger partial charge is 0.454 e. The summed E-state index contributed by atoms with van der Waals surface area (Å²) in [6.45, 7) is 1.35. The lowest BCUT2D eigenvalue weighted by Gasteiger charge is -2.21. The van der Waals surface area contributed by atoms with Gasteiger partial charge in [-0.1, -0.05) is 66.7 Å². The van der Waals surface area contributed by atoms with Crippen molar-refractivity contribution >= 4 is 12.0 Å². The van der Waals surface area contributed by atoms with Crippen LogP contribution in [0.2, 0.25) is 0 Å². The molecule has 4 nitrogen and oxygen atoms in total. The van der Waals surface area contributed by atoms with Crippen LogP contribution in [-0.4, -0.2) is 17.6 Å². The summed E-state index contributed by atoms with van der Waals surface area (Å²) < 4.78 is 10.7. The molecule has 3 aromatic carbocycles. The third kappa shape index (κ3) is 4.41. The van der Waals surface area contributed by atoms with Gasteiger partial charge in [-0.2, -0.15) is 0 Å². The van der Waals surface area contributed by atoms with Gasteiger partial charge in [0, 0.05) is 19.2 Å². The van der Waals surface area contributed by atoms with Gasteiger partial charge in [0.05, 0.1) is 0 Å². The fourth-order valence-corrected chi connectivity index (χ4v) is 3.11. The molecule has 0 unspecified atom stereocenters. The molecule has 1 aliphatic rings. The van der Waals surface area contributed by atoms with Gasteiger partial charge in [-0.05, 0) is 34.9 Å². The maximum atomic E-state index is 12.9. The summed E-state index contributed by atoms with van der Waals surface area (Å²) in [7, 11) is 0. The van der Waals surface area contributed by atoms with E-state index in [9.17, 15) is 4.79 Å². The maximum absolute atomic E-state index is 12.9. The first-order valence-corrected chi connectivity index (χ1v) is 9.22. The first-order chi connectivity index (χ1) is 13.8. The van der Waals surface area contributed by atoms with Crippen LogP contribution in [0.15, 0.2) is 84.9 Å². The fourth-order valence-electron chi connectivity index (χ4n) is 3.11.